The van der Waals surface area contributed by atoms with E-state index in [-0.39, 0.29) is 11.7 Å². The van der Waals surface area contributed by atoms with Gasteiger partial charge in [0.1, 0.15) is 5.82 Å². The van der Waals surface area contributed by atoms with Crippen molar-refractivity contribution in [1.29, 1.82) is 0 Å². The van der Waals surface area contributed by atoms with Gasteiger partial charge in [0.2, 0.25) is 0 Å². The van der Waals surface area contributed by atoms with Crippen LogP contribution in [0.1, 0.15) is 10.4 Å². The minimum atomic E-state index is -0.340. The number of carbonyl (C=O) groups excluding carboxylic acids is 1. The highest BCUT2D eigenvalue weighted by atomic mass is 19.1. The lowest BCUT2D eigenvalue weighted by Gasteiger charge is -2.09. The summed E-state index contributed by atoms with van der Waals surface area (Å²) in [5, 5.41) is 5.57. The molecule has 0 aliphatic rings. The second-order valence-corrected chi connectivity index (χ2v) is 3.63. The molecule has 2 rings (SSSR count). The van der Waals surface area contributed by atoms with Crippen molar-refractivity contribution in [2.75, 3.05) is 17.7 Å². The first-order chi connectivity index (χ1) is 8.70. The fourth-order valence-corrected chi connectivity index (χ4v) is 1.52. The Labute approximate surface area is 104 Å². The molecule has 0 saturated carbocycles. The number of rotatable bonds is 3. The van der Waals surface area contributed by atoms with Crippen LogP contribution < -0.4 is 10.6 Å². The van der Waals surface area contributed by atoms with E-state index < -0.39 is 0 Å². The van der Waals surface area contributed by atoms with Crippen molar-refractivity contribution >= 4 is 17.3 Å². The van der Waals surface area contributed by atoms with E-state index in [2.05, 4.69) is 15.6 Å². The van der Waals surface area contributed by atoms with E-state index in [9.17, 15) is 9.18 Å². The Morgan fingerprint density at radius 3 is 2.61 bits per heavy atom. The predicted octanol–water partition coefficient (Wildman–Crippen LogP) is 2.51. The smallest absolute Gasteiger partial charge is 0.257 e. The van der Waals surface area contributed by atoms with Gasteiger partial charge in [-0.1, -0.05) is 0 Å². The summed E-state index contributed by atoms with van der Waals surface area (Å²) >= 11 is 0. The number of amides is 1. The molecule has 0 fully saturated rings. The number of hydrogen-bond acceptors (Lipinski definition) is 3. The maximum atomic E-state index is 12.7. The molecule has 0 bridgehead atoms. The molecular weight excluding hydrogens is 233 g/mol. The van der Waals surface area contributed by atoms with Crippen molar-refractivity contribution in [2.45, 2.75) is 0 Å². The van der Waals surface area contributed by atoms with Gasteiger partial charge in [-0.3, -0.25) is 9.78 Å². The number of hydrogen-bond donors (Lipinski definition) is 2. The summed E-state index contributed by atoms with van der Waals surface area (Å²) < 4.78 is 12.7. The molecule has 4 nitrogen and oxygen atoms in total. The molecular formula is C13H12FN3O. The number of nitrogens with zero attached hydrogens (tertiary/aromatic N) is 1. The molecule has 1 aromatic heterocycles. The SMILES string of the molecule is CNc1cnccc1C(=O)Nc1ccc(F)cc1. The molecule has 0 aliphatic heterocycles. The zero-order chi connectivity index (χ0) is 13.0. The highest BCUT2D eigenvalue weighted by molar-refractivity contribution is 6.07. The fraction of sp³-hybridized carbons (Fsp3) is 0.0769. The fourth-order valence-electron chi connectivity index (χ4n) is 1.52. The molecule has 5 heteroatoms. The Morgan fingerprint density at radius 1 is 1.22 bits per heavy atom. The summed E-state index contributed by atoms with van der Waals surface area (Å²) in [5.41, 5.74) is 1.66. The van der Waals surface area contributed by atoms with Crippen LogP contribution in [-0.2, 0) is 0 Å². The number of pyridine rings is 1. The van der Waals surface area contributed by atoms with E-state index in [4.69, 9.17) is 0 Å². The third kappa shape index (κ3) is 2.63. The molecule has 0 spiro atoms. The standard InChI is InChI=1S/C13H12FN3O/c1-15-12-8-16-7-6-11(12)13(18)17-10-4-2-9(14)3-5-10/h2-8,15H,1H3,(H,17,18). The van der Waals surface area contributed by atoms with Gasteiger partial charge in [0.25, 0.3) is 5.91 Å². The topological polar surface area (TPSA) is 54.0 Å². The summed E-state index contributed by atoms with van der Waals surface area (Å²) in [6, 6.07) is 7.22. The first-order valence-corrected chi connectivity index (χ1v) is 5.39. The van der Waals surface area contributed by atoms with Crippen molar-refractivity contribution in [3.8, 4) is 0 Å². The molecule has 92 valence electrons. The lowest BCUT2D eigenvalue weighted by atomic mass is 10.2. The number of anilines is 2. The van der Waals surface area contributed by atoms with Crippen LogP contribution in [0.25, 0.3) is 0 Å². The zero-order valence-electron chi connectivity index (χ0n) is 9.77. The number of halogens is 1. The van der Waals surface area contributed by atoms with Crippen molar-refractivity contribution < 1.29 is 9.18 Å². The first kappa shape index (κ1) is 12.0. The maximum Gasteiger partial charge on any atom is 0.257 e. The van der Waals surface area contributed by atoms with Gasteiger partial charge in [-0.15, -0.1) is 0 Å². The van der Waals surface area contributed by atoms with Gasteiger partial charge in [0.15, 0.2) is 0 Å². The summed E-state index contributed by atoms with van der Waals surface area (Å²) in [6.45, 7) is 0. The summed E-state index contributed by atoms with van der Waals surface area (Å²) in [6.07, 6.45) is 3.11. The Kier molecular flexibility index (Phi) is 3.52. The van der Waals surface area contributed by atoms with Crippen molar-refractivity contribution in [3.63, 3.8) is 0 Å². The van der Waals surface area contributed by atoms with Crippen LogP contribution >= 0.6 is 0 Å². The zero-order valence-corrected chi connectivity index (χ0v) is 9.77. The Hall–Kier alpha value is -2.43. The van der Waals surface area contributed by atoms with Crippen molar-refractivity contribution in [1.82, 2.24) is 4.98 Å². The summed E-state index contributed by atoms with van der Waals surface area (Å²) in [5.74, 6) is -0.610. The molecule has 1 amide bonds. The Bertz CT molecular complexity index is 554. The van der Waals surface area contributed by atoms with Gasteiger partial charge < -0.3 is 10.6 Å². The molecule has 0 aliphatic carbocycles. The average Bonchev–Trinajstić information content (AvgIpc) is 2.41. The third-order valence-electron chi connectivity index (χ3n) is 2.44. The highest BCUT2D eigenvalue weighted by Gasteiger charge is 2.10. The minimum Gasteiger partial charge on any atom is -0.386 e. The van der Waals surface area contributed by atoms with Crippen molar-refractivity contribution in [2.24, 2.45) is 0 Å². The predicted molar refractivity (Wildman–Crippen MR) is 68.1 cm³/mol. The number of aromatic nitrogens is 1. The molecule has 2 aromatic rings. The van der Waals surface area contributed by atoms with Gasteiger partial charge >= 0.3 is 0 Å². The van der Waals surface area contributed by atoms with Gasteiger partial charge in [-0.2, -0.15) is 0 Å². The summed E-state index contributed by atoms with van der Waals surface area (Å²) in [7, 11) is 1.71. The van der Waals surface area contributed by atoms with E-state index in [1.165, 1.54) is 24.3 Å². The Morgan fingerprint density at radius 2 is 1.94 bits per heavy atom. The van der Waals surface area contributed by atoms with Crippen LogP contribution in [-0.4, -0.2) is 17.9 Å². The van der Waals surface area contributed by atoms with Gasteiger partial charge in [-0.25, -0.2) is 4.39 Å². The average molecular weight is 245 g/mol. The molecule has 2 N–H and O–H groups in total. The third-order valence-corrected chi connectivity index (χ3v) is 2.44. The molecule has 1 heterocycles. The monoisotopic (exact) mass is 245 g/mol. The van der Waals surface area contributed by atoms with Gasteiger partial charge in [-0.05, 0) is 30.3 Å². The van der Waals surface area contributed by atoms with Crippen LogP contribution in [0.3, 0.4) is 0 Å². The van der Waals surface area contributed by atoms with Crippen LogP contribution in [0.4, 0.5) is 15.8 Å². The van der Waals surface area contributed by atoms with E-state index >= 15 is 0 Å². The second-order valence-electron chi connectivity index (χ2n) is 3.63. The largest absolute Gasteiger partial charge is 0.386 e. The minimum absolute atomic E-state index is 0.270. The number of benzene rings is 1. The lowest BCUT2D eigenvalue weighted by molar-refractivity contribution is 0.102. The normalized spacial score (nSPS) is 9.89. The van der Waals surface area contributed by atoms with Crippen LogP contribution in [0.2, 0.25) is 0 Å². The maximum absolute atomic E-state index is 12.7. The molecule has 18 heavy (non-hydrogen) atoms. The molecule has 0 atom stereocenters. The van der Waals surface area contributed by atoms with Gasteiger partial charge in [0.05, 0.1) is 17.4 Å². The Balaban J connectivity index is 2.19. The number of nitrogens with one attached hydrogen (secondary N) is 2. The van der Waals surface area contributed by atoms with Crippen LogP contribution in [0.5, 0.6) is 0 Å². The molecule has 0 radical (unpaired) electrons. The molecule has 0 saturated heterocycles. The van der Waals surface area contributed by atoms with Crippen LogP contribution in [0, 0.1) is 5.82 Å². The van der Waals surface area contributed by atoms with Gasteiger partial charge in [0, 0.05) is 18.9 Å². The number of carbonyl (C=O) groups is 1. The van der Waals surface area contributed by atoms with E-state index in [1.54, 1.807) is 25.5 Å². The summed E-state index contributed by atoms with van der Waals surface area (Å²) in [4.78, 5) is 15.9. The highest BCUT2D eigenvalue weighted by Crippen LogP contribution is 2.15. The molecule has 0 unspecified atom stereocenters. The quantitative estimate of drug-likeness (QED) is 0.873. The van der Waals surface area contributed by atoms with E-state index in [0.29, 0.717) is 16.9 Å². The molecule has 1 aromatic carbocycles. The van der Waals surface area contributed by atoms with E-state index in [1.807, 2.05) is 0 Å². The first-order valence-electron chi connectivity index (χ1n) is 5.39. The van der Waals surface area contributed by atoms with E-state index in [0.717, 1.165) is 0 Å². The van der Waals surface area contributed by atoms with Crippen molar-refractivity contribution in [3.05, 3.63) is 54.1 Å². The lowest BCUT2D eigenvalue weighted by Crippen LogP contribution is -2.14. The van der Waals surface area contributed by atoms with Crippen LogP contribution in [0.15, 0.2) is 42.7 Å². The second kappa shape index (κ2) is 5.27.